The zero-order valence-corrected chi connectivity index (χ0v) is 16.8. The summed E-state index contributed by atoms with van der Waals surface area (Å²) < 4.78 is 25.0. The van der Waals surface area contributed by atoms with E-state index in [4.69, 9.17) is 0 Å². The molecule has 0 bridgehead atoms. The molecule has 0 N–H and O–H groups in total. The van der Waals surface area contributed by atoms with E-state index in [1.54, 1.807) is 24.3 Å². The monoisotopic (exact) mass is 450 g/mol. The van der Waals surface area contributed by atoms with Crippen molar-refractivity contribution in [3.05, 3.63) is 64.6 Å². The number of nitrogens with zero attached hydrogens (tertiary/aromatic N) is 2. The minimum Gasteiger partial charge on any atom is -0.316 e. The molecular formula is C18H15BrN2O3S2. The smallest absolute Gasteiger partial charge is 0.279 e. The molecule has 5 nitrogen and oxygen atoms in total. The maximum Gasteiger partial charge on any atom is 0.279 e. The zero-order chi connectivity index (χ0) is 18.3. The second-order valence-corrected chi connectivity index (χ2v) is 10.5. The van der Waals surface area contributed by atoms with Gasteiger partial charge in [0.1, 0.15) is 0 Å². The fraction of sp³-hybridized carbons (Fsp3) is 0.222. The molecule has 26 heavy (non-hydrogen) atoms. The Morgan fingerprint density at radius 2 is 1.77 bits per heavy atom. The average Bonchev–Trinajstić information content (AvgIpc) is 3.07. The van der Waals surface area contributed by atoms with Gasteiger partial charge in [-0.25, -0.2) is 8.42 Å². The third-order valence-electron chi connectivity index (χ3n) is 4.39. The summed E-state index contributed by atoms with van der Waals surface area (Å²) in [5.74, 6) is -0.119. The number of para-hydroxylation sites is 1. The lowest BCUT2D eigenvalue weighted by molar-refractivity contribution is 0.100. The molecule has 1 amide bonds. The first-order valence-corrected chi connectivity index (χ1v) is 11.5. The highest BCUT2D eigenvalue weighted by Gasteiger charge is 2.49. The molecule has 134 valence electrons. The molecule has 2 fully saturated rings. The lowest BCUT2D eigenvalue weighted by Gasteiger charge is -2.24. The Labute approximate surface area is 164 Å². The number of sulfone groups is 1. The fourth-order valence-electron chi connectivity index (χ4n) is 3.20. The molecule has 2 aliphatic heterocycles. The molecule has 2 aromatic rings. The lowest BCUT2D eigenvalue weighted by Crippen LogP contribution is -2.37. The Bertz CT molecular complexity index is 975. The molecule has 8 heteroatoms. The molecule has 4 rings (SSSR count). The third-order valence-corrected chi connectivity index (χ3v) is 8.13. The molecule has 2 saturated heterocycles. The Hall–Kier alpha value is -1.64. The van der Waals surface area contributed by atoms with Crippen molar-refractivity contribution in [1.29, 1.82) is 0 Å². The van der Waals surface area contributed by atoms with Crippen LogP contribution in [0.15, 0.2) is 64.1 Å². The maximum atomic E-state index is 12.6. The standard InChI is InChI=1S/C18H15BrN2O3S2/c19-13-8-6-12(7-9-13)17(22)20-18-21(14-4-2-1-3-5-14)15-10-26(23,24)11-16(15)25-18/h1-9,15-16H,10-11H2/t15-,16+/m1/s1. The molecule has 2 aromatic carbocycles. The second kappa shape index (κ2) is 6.83. The van der Waals surface area contributed by atoms with E-state index >= 15 is 0 Å². The number of carbonyl (C=O) groups excluding carboxylic acids is 1. The van der Waals surface area contributed by atoms with E-state index < -0.39 is 9.84 Å². The number of amides is 1. The molecule has 2 atom stereocenters. The third kappa shape index (κ3) is 3.45. The van der Waals surface area contributed by atoms with Gasteiger partial charge in [-0.05, 0) is 36.4 Å². The highest BCUT2D eigenvalue weighted by atomic mass is 79.9. The molecule has 2 aliphatic rings. The minimum absolute atomic E-state index is 0.0883. The van der Waals surface area contributed by atoms with Gasteiger partial charge in [-0.1, -0.05) is 45.9 Å². The number of hydrogen-bond acceptors (Lipinski definition) is 4. The summed E-state index contributed by atoms with van der Waals surface area (Å²) in [5, 5.41) is 0.464. The van der Waals surface area contributed by atoms with E-state index in [9.17, 15) is 13.2 Å². The molecule has 0 radical (unpaired) electrons. The summed E-state index contributed by atoms with van der Waals surface area (Å²) >= 11 is 4.73. The highest BCUT2D eigenvalue weighted by Crippen LogP contribution is 2.40. The zero-order valence-electron chi connectivity index (χ0n) is 13.6. The van der Waals surface area contributed by atoms with Gasteiger partial charge in [-0.2, -0.15) is 4.99 Å². The number of halogens is 1. The first-order valence-electron chi connectivity index (χ1n) is 8.03. The van der Waals surface area contributed by atoms with Crippen molar-refractivity contribution >= 4 is 54.3 Å². The van der Waals surface area contributed by atoms with Gasteiger partial charge < -0.3 is 4.90 Å². The largest absolute Gasteiger partial charge is 0.316 e. The van der Waals surface area contributed by atoms with Gasteiger partial charge in [0, 0.05) is 21.0 Å². The molecule has 0 saturated carbocycles. The van der Waals surface area contributed by atoms with Crippen molar-refractivity contribution in [3.8, 4) is 0 Å². The summed E-state index contributed by atoms with van der Waals surface area (Å²) in [6, 6.07) is 16.3. The van der Waals surface area contributed by atoms with Crippen molar-refractivity contribution in [1.82, 2.24) is 0 Å². The quantitative estimate of drug-likeness (QED) is 0.701. The van der Waals surface area contributed by atoms with Gasteiger partial charge >= 0.3 is 0 Å². The molecule has 0 aliphatic carbocycles. The number of fused-ring (bicyclic) bond motifs is 1. The van der Waals surface area contributed by atoms with Crippen LogP contribution in [0.1, 0.15) is 10.4 Å². The van der Waals surface area contributed by atoms with Crippen LogP contribution in [0.4, 0.5) is 5.69 Å². The van der Waals surface area contributed by atoms with Crippen molar-refractivity contribution in [2.45, 2.75) is 11.3 Å². The van der Waals surface area contributed by atoms with Gasteiger partial charge in [0.25, 0.3) is 5.91 Å². The molecule has 0 spiro atoms. The first-order chi connectivity index (χ1) is 12.4. The average molecular weight is 451 g/mol. The van der Waals surface area contributed by atoms with E-state index in [1.807, 2.05) is 35.2 Å². The van der Waals surface area contributed by atoms with E-state index in [2.05, 4.69) is 20.9 Å². The van der Waals surface area contributed by atoms with Crippen LogP contribution in [-0.2, 0) is 9.84 Å². The molecular weight excluding hydrogens is 436 g/mol. The van der Waals surface area contributed by atoms with Crippen molar-refractivity contribution in [3.63, 3.8) is 0 Å². The predicted molar refractivity (Wildman–Crippen MR) is 109 cm³/mol. The number of anilines is 1. The van der Waals surface area contributed by atoms with Crippen LogP contribution < -0.4 is 4.90 Å². The Balaban J connectivity index is 1.70. The van der Waals surface area contributed by atoms with E-state index in [0.717, 1.165) is 10.2 Å². The molecule has 0 unspecified atom stereocenters. The molecule has 2 heterocycles. The summed E-state index contributed by atoms with van der Waals surface area (Å²) in [6.07, 6.45) is 0. The van der Waals surface area contributed by atoms with Gasteiger partial charge in [0.05, 0.1) is 17.5 Å². The van der Waals surface area contributed by atoms with Crippen molar-refractivity contribution in [2.75, 3.05) is 16.4 Å². The Morgan fingerprint density at radius 1 is 1.08 bits per heavy atom. The number of hydrogen-bond donors (Lipinski definition) is 0. The van der Waals surface area contributed by atoms with E-state index in [0.29, 0.717) is 10.7 Å². The summed E-state index contributed by atoms with van der Waals surface area (Å²) in [7, 11) is -3.06. The second-order valence-electron chi connectivity index (χ2n) is 6.21. The van der Waals surface area contributed by atoms with Crippen LogP contribution in [0.2, 0.25) is 0 Å². The van der Waals surface area contributed by atoms with Crippen molar-refractivity contribution < 1.29 is 13.2 Å². The van der Waals surface area contributed by atoms with Gasteiger partial charge in [0.2, 0.25) is 0 Å². The minimum atomic E-state index is -3.06. The highest BCUT2D eigenvalue weighted by molar-refractivity contribution is 9.10. The number of carbonyl (C=O) groups is 1. The number of benzene rings is 2. The topological polar surface area (TPSA) is 66.8 Å². The van der Waals surface area contributed by atoms with Gasteiger partial charge in [0.15, 0.2) is 15.0 Å². The molecule has 0 aromatic heterocycles. The van der Waals surface area contributed by atoms with Crippen LogP contribution in [0.25, 0.3) is 0 Å². The lowest BCUT2D eigenvalue weighted by atomic mass is 10.2. The first kappa shape index (κ1) is 17.8. The van der Waals surface area contributed by atoms with Gasteiger partial charge in [-0.15, -0.1) is 0 Å². The number of thioether (sulfide) groups is 1. The van der Waals surface area contributed by atoms with E-state index in [1.165, 1.54) is 11.8 Å². The van der Waals surface area contributed by atoms with Crippen LogP contribution in [0.5, 0.6) is 0 Å². The Morgan fingerprint density at radius 3 is 2.46 bits per heavy atom. The summed E-state index contributed by atoms with van der Waals surface area (Å²) in [6.45, 7) is 0. The van der Waals surface area contributed by atoms with Gasteiger partial charge in [-0.3, -0.25) is 4.79 Å². The summed E-state index contributed by atoms with van der Waals surface area (Å²) in [5.41, 5.74) is 1.35. The van der Waals surface area contributed by atoms with Crippen LogP contribution in [0.3, 0.4) is 0 Å². The van der Waals surface area contributed by atoms with Crippen molar-refractivity contribution in [2.24, 2.45) is 4.99 Å². The fourth-order valence-corrected chi connectivity index (χ4v) is 7.38. The number of amidine groups is 1. The predicted octanol–water partition coefficient (Wildman–Crippen LogP) is 3.36. The Kier molecular flexibility index (Phi) is 4.66. The normalized spacial score (nSPS) is 25.4. The number of aliphatic imine (C=N–C) groups is 1. The number of rotatable bonds is 2. The van der Waals surface area contributed by atoms with Crippen LogP contribution >= 0.6 is 27.7 Å². The van der Waals surface area contributed by atoms with Crippen LogP contribution in [0, 0.1) is 0 Å². The van der Waals surface area contributed by atoms with Crippen LogP contribution in [-0.4, -0.2) is 42.3 Å². The summed E-state index contributed by atoms with van der Waals surface area (Å²) in [4.78, 5) is 18.8. The SMILES string of the molecule is O=C(N=C1S[C@H]2CS(=O)(=O)C[C@H]2N1c1ccccc1)c1ccc(Br)cc1. The van der Waals surface area contributed by atoms with E-state index in [-0.39, 0.29) is 28.7 Å². The maximum absolute atomic E-state index is 12.6.